The van der Waals surface area contributed by atoms with E-state index in [0.717, 1.165) is 23.6 Å². The first-order valence-electron chi connectivity index (χ1n) is 9.51. The highest BCUT2D eigenvalue weighted by Gasteiger charge is 2.11. The normalized spacial score (nSPS) is 10.5. The summed E-state index contributed by atoms with van der Waals surface area (Å²) < 4.78 is 5.36. The second kappa shape index (κ2) is 9.19. The largest absolute Gasteiger partial charge is 0.349 e. The van der Waals surface area contributed by atoms with Crippen molar-refractivity contribution in [2.75, 3.05) is 28.2 Å². The van der Waals surface area contributed by atoms with Crippen molar-refractivity contribution in [2.24, 2.45) is 4.99 Å². The Kier molecular flexibility index (Phi) is 6.44. The fourth-order valence-corrected chi connectivity index (χ4v) is 3.07. The second-order valence-electron chi connectivity index (χ2n) is 7.25. The second-order valence-corrected chi connectivity index (χ2v) is 7.25. The van der Waals surface area contributed by atoms with E-state index in [2.05, 4.69) is 10.1 Å². The van der Waals surface area contributed by atoms with Gasteiger partial charge in [0.2, 0.25) is 5.96 Å². The fraction of sp³-hybridized carbons (Fsp3) is 0.261. The van der Waals surface area contributed by atoms with Gasteiger partial charge in [-0.2, -0.15) is 4.99 Å². The van der Waals surface area contributed by atoms with Crippen molar-refractivity contribution in [1.29, 1.82) is 0 Å². The zero-order valence-electron chi connectivity index (χ0n) is 17.3. The van der Waals surface area contributed by atoms with Gasteiger partial charge in [-0.1, -0.05) is 53.7 Å². The molecule has 6 heteroatoms. The lowest BCUT2D eigenvalue weighted by Crippen LogP contribution is -2.35. The molecule has 0 amide bonds. The van der Waals surface area contributed by atoms with E-state index in [1.165, 1.54) is 0 Å². The summed E-state index contributed by atoms with van der Waals surface area (Å²) in [7, 11) is 7.72. The number of hydrogen-bond acceptors (Lipinski definition) is 4. The number of ketones is 1. The summed E-state index contributed by atoms with van der Waals surface area (Å²) >= 11 is 0. The molecule has 3 aromatic rings. The molecule has 2 aromatic carbocycles. The molecular weight excluding hydrogens is 364 g/mol. The molecule has 0 saturated heterocycles. The Hall–Kier alpha value is -3.41. The van der Waals surface area contributed by atoms with Crippen LogP contribution in [0.25, 0.3) is 0 Å². The summed E-state index contributed by atoms with van der Waals surface area (Å²) in [6, 6.07) is 18.9. The summed E-state index contributed by atoms with van der Waals surface area (Å²) in [6.07, 6.45) is 1.47. The standard InChI is InChI=1S/C23H26N4O2/c1-26(2)23(27(3)4)24-21-16-20(25-29-21)14-13-17-9-8-12-19(15-17)22(28)18-10-6-5-7-11-18/h5-12,15-16H,13-14H2,1-4H3. The third-order valence-corrected chi connectivity index (χ3v) is 4.45. The molecule has 0 aliphatic carbocycles. The number of carbonyl (C=O) groups is 1. The van der Waals surface area contributed by atoms with Crippen molar-refractivity contribution in [1.82, 2.24) is 15.0 Å². The van der Waals surface area contributed by atoms with Crippen LogP contribution in [-0.2, 0) is 12.8 Å². The van der Waals surface area contributed by atoms with Crippen LogP contribution in [0.2, 0.25) is 0 Å². The molecule has 0 N–H and O–H groups in total. The van der Waals surface area contributed by atoms with Gasteiger partial charge in [-0.25, -0.2) is 0 Å². The third kappa shape index (κ3) is 5.31. The molecule has 150 valence electrons. The van der Waals surface area contributed by atoms with E-state index in [0.29, 0.717) is 23.4 Å². The van der Waals surface area contributed by atoms with Crippen molar-refractivity contribution in [2.45, 2.75) is 12.8 Å². The quantitative estimate of drug-likeness (QED) is 0.364. The van der Waals surface area contributed by atoms with E-state index < -0.39 is 0 Å². The van der Waals surface area contributed by atoms with Crippen LogP contribution in [0, 0.1) is 0 Å². The Morgan fingerprint density at radius 3 is 2.28 bits per heavy atom. The molecule has 0 spiro atoms. The molecule has 1 aromatic heterocycles. The first kappa shape index (κ1) is 20.3. The number of aryl methyl sites for hydroxylation is 2. The van der Waals surface area contributed by atoms with E-state index in [-0.39, 0.29) is 5.78 Å². The summed E-state index contributed by atoms with van der Waals surface area (Å²) in [5.41, 5.74) is 3.31. The van der Waals surface area contributed by atoms with Gasteiger partial charge in [-0.3, -0.25) is 4.79 Å². The molecule has 29 heavy (non-hydrogen) atoms. The lowest BCUT2D eigenvalue weighted by Gasteiger charge is -2.21. The molecule has 1 heterocycles. The minimum Gasteiger partial charge on any atom is -0.349 e. The van der Waals surface area contributed by atoms with Crippen LogP contribution in [0.1, 0.15) is 27.2 Å². The maximum Gasteiger partial charge on any atom is 0.253 e. The average molecular weight is 390 g/mol. The zero-order valence-corrected chi connectivity index (χ0v) is 17.3. The summed E-state index contributed by atoms with van der Waals surface area (Å²) in [4.78, 5) is 21.0. The molecule has 0 bridgehead atoms. The molecular formula is C23H26N4O2. The number of aliphatic imine (C=N–C) groups is 1. The summed E-state index contributed by atoms with van der Waals surface area (Å²) in [5.74, 6) is 1.29. The van der Waals surface area contributed by atoms with Crippen LogP contribution in [0.3, 0.4) is 0 Å². The van der Waals surface area contributed by atoms with Crippen molar-refractivity contribution in [3.05, 3.63) is 83.0 Å². The first-order chi connectivity index (χ1) is 13.9. The lowest BCUT2D eigenvalue weighted by atomic mass is 9.99. The number of hydrogen-bond donors (Lipinski definition) is 0. The predicted molar refractivity (Wildman–Crippen MR) is 115 cm³/mol. The van der Waals surface area contributed by atoms with E-state index in [9.17, 15) is 4.79 Å². The third-order valence-electron chi connectivity index (χ3n) is 4.45. The van der Waals surface area contributed by atoms with Gasteiger partial charge in [0.1, 0.15) is 0 Å². The molecule has 6 nitrogen and oxygen atoms in total. The Morgan fingerprint density at radius 1 is 0.897 bits per heavy atom. The number of carbonyl (C=O) groups excluding carboxylic acids is 1. The summed E-state index contributed by atoms with van der Waals surface area (Å²) in [5, 5.41) is 4.12. The molecule has 0 radical (unpaired) electrons. The Bertz CT molecular complexity index is 981. The number of benzene rings is 2. The van der Waals surface area contributed by atoms with Gasteiger partial charge in [-0.15, -0.1) is 0 Å². The molecule has 0 saturated carbocycles. The number of nitrogens with zero attached hydrogens (tertiary/aromatic N) is 4. The minimum absolute atomic E-state index is 0.0328. The van der Waals surface area contributed by atoms with Crippen LogP contribution in [-0.4, -0.2) is 54.9 Å². The molecule has 3 rings (SSSR count). The highest BCUT2D eigenvalue weighted by Crippen LogP contribution is 2.18. The topological polar surface area (TPSA) is 61.9 Å². The van der Waals surface area contributed by atoms with Crippen LogP contribution in [0.15, 0.2) is 70.2 Å². The van der Waals surface area contributed by atoms with Crippen molar-refractivity contribution in [3.63, 3.8) is 0 Å². The van der Waals surface area contributed by atoms with Gasteiger partial charge in [-0.05, 0) is 24.5 Å². The summed E-state index contributed by atoms with van der Waals surface area (Å²) in [6.45, 7) is 0. The Morgan fingerprint density at radius 2 is 1.59 bits per heavy atom. The average Bonchev–Trinajstić information content (AvgIpc) is 3.18. The van der Waals surface area contributed by atoms with Crippen LogP contribution < -0.4 is 0 Å². The van der Waals surface area contributed by atoms with E-state index in [4.69, 9.17) is 4.52 Å². The highest BCUT2D eigenvalue weighted by molar-refractivity contribution is 6.09. The maximum absolute atomic E-state index is 12.6. The smallest absolute Gasteiger partial charge is 0.253 e. The minimum atomic E-state index is 0.0328. The molecule has 0 atom stereocenters. The van der Waals surface area contributed by atoms with Gasteiger partial charge in [0, 0.05) is 45.4 Å². The SMILES string of the molecule is CN(C)C(=Nc1cc(CCc2cccc(C(=O)c3ccccc3)c2)no1)N(C)C. The Balaban J connectivity index is 1.68. The van der Waals surface area contributed by atoms with Crippen LogP contribution in [0.4, 0.5) is 5.88 Å². The van der Waals surface area contributed by atoms with E-state index in [1.807, 2.05) is 98.7 Å². The maximum atomic E-state index is 12.6. The van der Waals surface area contributed by atoms with Crippen molar-refractivity contribution >= 4 is 17.6 Å². The first-order valence-corrected chi connectivity index (χ1v) is 9.51. The molecule has 0 aliphatic rings. The van der Waals surface area contributed by atoms with Crippen molar-refractivity contribution < 1.29 is 9.32 Å². The number of rotatable bonds is 6. The zero-order chi connectivity index (χ0) is 20.8. The van der Waals surface area contributed by atoms with Gasteiger partial charge >= 0.3 is 0 Å². The van der Waals surface area contributed by atoms with E-state index in [1.54, 1.807) is 0 Å². The predicted octanol–water partition coefficient (Wildman–Crippen LogP) is 3.80. The molecule has 0 aliphatic heterocycles. The van der Waals surface area contributed by atoms with Crippen molar-refractivity contribution in [3.8, 4) is 0 Å². The highest BCUT2D eigenvalue weighted by atomic mass is 16.5. The van der Waals surface area contributed by atoms with Gasteiger partial charge in [0.25, 0.3) is 5.88 Å². The number of aromatic nitrogens is 1. The van der Waals surface area contributed by atoms with Gasteiger partial charge in [0.15, 0.2) is 5.78 Å². The van der Waals surface area contributed by atoms with Gasteiger partial charge in [0.05, 0.1) is 5.69 Å². The monoisotopic (exact) mass is 390 g/mol. The molecule has 0 fully saturated rings. The molecule has 0 unspecified atom stereocenters. The lowest BCUT2D eigenvalue weighted by molar-refractivity contribution is 0.103. The van der Waals surface area contributed by atoms with E-state index >= 15 is 0 Å². The van der Waals surface area contributed by atoms with Crippen LogP contribution >= 0.6 is 0 Å². The Labute approximate surface area is 171 Å². The van der Waals surface area contributed by atoms with Gasteiger partial charge < -0.3 is 14.3 Å². The van der Waals surface area contributed by atoms with Crippen LogP contribution in [0.5, 0.6) is 0 Å². The fourth-order valence-electron chi connectivity index (χ4n) is 3.07. The number of guanidine groups is 1.